The molecule has 96 valence electrons. The van der Waals surface area contributed by atoms with Crippen LogP contribution in [0.15, 0.2) is 40.9 Å². The van der Waals surface area contributed by atoms with Crippen molar-refractivity contribution in [2.45, 2.75) is 0 Å². The summed E-state index contributed by atoms with van der Waals surface area (Å²) in [5.41, 5.74) is 2.49. The number of nitrogens with zero attached hydrogens (tertiary/aromatic N) is 2. The highest BCUT2D eigenvalue weighted by molar-refractivity contribution is 9.10. The van der Waals surface area contributed by atoms with Crippen molar-refractivity contribution in [3.63, 3.8) is 0 Å². The molecule has 0 fully saturated rings. The van der Waals surface area contributed by atoms with Crippen LogP contribution in [0.1, 0.15) is 0 Å². The van der Waals surface area contributed by atoms with Crippen LogP contribution in [-0.4, -0.2) is 14.7 Å². The normalized spacial score (nSPS) is 11.1. The second-order valence-corrected chi connectivity index (χ2v) is 5.64. The molecule has 5 heteroatoms. The Labute approximate surface area is 123 Å². The van der Waals surface area contributed by atoms with E-state index < -0.39 is 0 Å². The quantitative estimate of drug-likeness (QED) is 0.716. The summed E-state index contributed by atoms with van der Waals surface area (Å²) in [7, 11) is 1.92. The highest BCUT2D eigenvalue weighted by atomic mass is 79.9. The number of phenols is 1. The zero-order valence-electron chi connectivity index (χ0n) is 10.1. The Bertz CT molecular complexity index is 782. The molecule has 0 saturated carbocycles. The summed E-state index contributed by atoms with van der Waals surface area (Å²) in [6.07, 6.45) is 0. The van der Waals surface area contributed by atoms with E-state index in [1.165, 1.54) is 0 Å². The average Bonchev–Trinajstić information content (AvgIpc) is 2.69. The van der Waals surface area contributed by atoms with Gasteiger partial charge in [0.05, 0.1) is 16.6 Å². The zero-order valence-corrected chi connectivity index (χ0v) is 12.4. The lowest BCUT2D eigenvalue weighted by Gasteiger charge is -2.05. The molecule has 1 N–H and O–H groups in total. The number of rotatable bonds is 1. The Hall–Kier alpha value is -1.52. The average molecular weight is 338 g/mol. The second kappa shape index (κ2) is 4.54. The minimum absolute atomic E-state index is 0.168. The number of fused-ring (bicyclic) bond motifs is 1. The van der Waals surface area contributed by atoms with E-state index in [0.29, 0.717) is 16.4 Å². The van der Waals surface area contributed by atoms with Gasteiger partial charge in [0.2, 0.25) is 0 Å². The number of benzene rings is 2. The van der Waals surface area contributed by atoms with Crippen LogP contribution in [0.4, 0.5) is 0 Å². The molecule has 0 bridgehead atoms. The summed E-state index contributed by atoms with van der Waals surface area (Å²) < 4.78 is 2.91. The van der Waals surface area contributed by atoms with Crippen molar-refractivity contribution in [1.82, 2.24) is 9.55 Å². The SMILES string of the molecule is Cn1c(-c2cc(Cl)ccc2O)nc2cc(Br)ccc21. The molecule has 0 aliphatic rings. The maximum absolute atomic E-state index is 9.97. The zero-order chi connectivity index (χ0) is 13.6. The summed E-state index contributed by atoms with van der Waals surface area (Å²) in [6.45, 7) is 0. The minimum Gasteiger partial charge on any atom is -0.507 e. The first kappa shape index (κ1) is 12.5. The van der Waals surface area contributed by atoms with E-state index in [1.807, 2.05) is 29.8 Å². The lowest BCUT2D eigenvalue weighted by atomic mass is 10.2. The number of aryl methyl sites for hydroxylation is 1. The number of hydrogen-bond donors (Lipinski definition) is 1. The van der Waals surface area contributed by atoms with E-state index in [0.717, 1.165) is 15.5 Å². The van der Waals surface area contributed by atoms with Gasteiger partial charge in [-0.3, -0.25) is 0 Å². The molecule has 2 aromatic carbocycles. The van der Waals surface area contributed by atoms with Crippen LogP contribution >= 0.6 is 27.5 Å². The number of aromatic nitrogens is 2. The van der Waals surface area contributed by atoms with E-state index in [-0.39, 0.29) is 5.75 Å². The van der Waals surface area contributed by atoms with E-state index >= 15 is 0 Å². The summed E-state index contributed by atoms with van der Waals surface area (Å²) in [4.78, 5) is 4.56. The number of imidazole rings is 1. The highest BCUT2D eigenvalue weighted by Crippen LogP contribution is 2.33. The molecule has 0 radical (unpaired) electrons. The third-order valence-corrected chi connectivity index (χ3v) is 3.77. The fourth-order valence-corrected chi connectivity index (χ4v) is 2.62. The van der Waals surface area contributed by atoms with Gasteiger partial charge >= 0.3 is 0 Å². The van der Waals surface area contributed by atoms with Crippen LogP contribution in [0.3, 0.4) is 0 Å². The minimum atomic E-state index is 0.168. The monoisotopic (exact) mass is 336 g/mol. The molecule has 0 unspecified atom stereocenters. The van der Waals surface area contributed by atoms with E-state index in [1.54, 1.807) is 18.2 Å². The third-order valence-electron chi connectivity index (χ3n) is 3.04. The van der Waals surface area contributed by atoms with Crippen LogP contribution in [-0.2, 0) is 7.05 Å². The smallest absolute Gasteiger partial charge is 0.144 e. The Morgan fingerprint density at radius 1 is 1.21 bits per heavy atom. The third kappa shape index (κ3) is 2.11. The van der Waals surface area contributed by atoms with Gasteiger partial charge in [0.25, 0.3) is 0 Å². The molecular formula is C14H10BrClN2O. The van der Waals surface area contributed by atoms with Crippen LogP contribution < -0.4 is 0 Å². The van der Waals surface area contributed by atoms with Crippen LogP contribution in [0.5, 0.6) is 5.75 Å². The number of aromatic hydroxyl groups is 1. The predicted molar refractivity (Wildman–Crippen MR) is 80.5 cm³/mol. The topological polar surface area (TPSA) is 38.0 Å². The Morgan fingerprint density at radius 3 is 2.79 bits per heavy atom. The van der Waals surface area contributed by atoms with Gasteiger partial charge in [0.15, 0.2) is 0 Å². The maximum atomic E-state index is 9.97. The molecule has 0 spiro atoms. The maximum Gasteiger partial charge on any atom is 0.144 e. The van der Waals surface area contributed by atoms with Crippen molar-refractivity contribution < 1.29 is 5.11 Å². The molecule has 1 aromatic heterocycles. The first-order valence-electron chi connectivity index (χ1n) is 5.67. The Morgan fingerprint density at radius 2 is 2.00 bits per heavy atom. The van der Waals surface area contributed by atoms with E-state index in [4.69, 9.17) is 11.6 Å². The number of halogens is 2. The Kier molecular flexibility index (Phi) is 2.99. The molecule has 3 aromatic rings. The fraction of sp³-hybridized carbons (Fsp3) is 0.0714. The van der Waals surface area contributed by atoms with Gasteiger partial charge in [-0.1, -0.05) is 27.5 Å². The lowest BCUT2D eigenvalue weighted by molar-refractivity contribution is 0.476. The summed E-state index contributed by atoms with van der Waals surface area (Å²) >= 11 is 9.42. The number of hydrogen-bond acceptors (Lipinski definition) is 2. The van der Waals surface area contributed by atoms with Crippen molar-refractivity contribution in [3.05, 3.63) is 45.9 Å². The molecule has 0 aliphatic carbocycles. The van der Waals surface area contributed by atoms with Crippen molar-refractivity contribution >= 4 is 38.6 Å². The van der Waals surface area contributed by atoms with Gasteiger partial charge in [-0.15, -0.1) is 0 Å². The van der Waals surface area contributed by atoms with Crippen LogP contribution in [0, 0.1) is 0 Å². The fourth-order valence-electron chi connectivity index (χ4n) is 2.10. The van der Waals surface area contributed by atoms with Gasteiger partial charge in [-0.05, 0) is 36.4 Å². The van der Waals surface area contributed by atoms with Crippen molar-refractivity contribution in [2.75, 3.05) is 0 Å². The molecule has 0 amide bonds. The van der Waals surface area contributed by atoms with E-state index in [9.17, 15) is 5.11 Å². The summed E-state index contributed by atoms with van der Waals surface area (Å²) in [5, 5.41) is 10.5. The first-order valence-corrected chi connectivity index (χ1v) is 6.84. The molecule has 3 rings (SSSR count). The predicted octanol–water partition coefficient (Wildman–Crippen LogP) is 4.36. The second-order valence-electron chi connectivity index (χ2n) is 4.29. The van der Waals surface area contributed by atoms with Crippen molar-refractivity contribution in [2.24, 2.45) is 7.05 Å². The standard InChI is InChI=1S/C14H10BrClN2O/c1-18-12-4-2-8(15)6-11(12)17-14(18)10-7-9(16)3-5-13(10)19/h2-7,19H,1H3. The summed E-state index contributed by atoms with van der Waals surface area (Å²) in [5.74, 6) is 0.856. The molecular weight excluding hydrogens is 328 g/mol. The molecule has 1 heterocycles. The van der Waals surface area contributed by atoms with Crippen LogP contribution in [0.25, 0.3) is 22.4 Å². The van der Waals surface area contributed by atoms with Crippen LogP contribution in [0.2, 0.25) is 5.02 Å². The molecule has 19 heavy (non-hydrogen) atoms. The van der Waals surface area contributed by atoms with Gasteiger partial charge in [-0.25, -0.2) is 4.98 Å². The molecule has 3 nitrogen and oxygen atoms in total. The van der Waals surface area contributed by atoms with Gasteiger partial charge in [0.1, 0.15) is 11.6 Å². The van der Waals surface area contributed by atoms with Gasteiger partial charge < -0.3 is 9.67 Å². The molecule has 0 atom stereocenters. The summed E-state index contributed by atoms with van der Waals surface area (Å²) in [6, 6.07) is 10.8. The number of phenolic OH excluding ortho intramolecular Hbond substituents is 1. The Balaban J connectivity index is 2.30. The van der Waals surface area contributed by atoms with Crippen molar-refractivity contribution in [3.8, 4) is 17.1 Å². The first-order chi connectivity index (χ1) is 9.06. The van der Waals surface area contributed by atoms with Crippen molar-refractivity contribution in [1.29, 1.82) is 0 Å². The molecule has 0 aliphatic heterocycles. The molecule has 0 saturated heterocycles. The lowest BCUT2D eigenvalue weighted by Crippen LogP contribution is -1.92. The largest absolute Gasteiger partial charge is 0.507 e. The highest BCUT2D eigenvalue weighted by Gasteiger charge is 2.13. The van der Waals surface area contributed by atoms with Gasteiger partial charge in [-0.2, -0.15) is 0 Å². The van der Waals surface area contributed by atoms with Gasteiger partial charge in [0, 0.05) is 16.5 Å². The van der Waals surface area contributed by atoms with E-state index in [2.05, 4.69) is 20.9 Å².